The van der Waals surface area contributed by atoms with Crippen molar-refractivity contribution in [3.63, 3.8) is 0 Å². The van der Waals surface area contributed by atoms with Crippen molar-refractivity contribution in [3.8, 4) is 0 Å². The first-order valence-electron chi connectivity index (χ1n) is 10.8. The molecule has 1 N–H and O–H groups in total. The molecule has 2 rings (SSSR count). The number of hydrogen-bond donors (Lipinski definition) is 1. The van der Waals surface area contributed by atoms with Gasteiger partial charge in [0.05, 0.1) is 13.2 Å². The Balaban J connectivity index is 2.19. The second kappa shape index (κ2) is 11.3. The predicted molar refractivity (Wildman–Crippen MR) is 113 cm³/mol. The van der Waals surface area contributed by atoms with E-state index in [0.29, 0.717) is 50.9 Å². The summed E-state index contributed by atoms with van der Waals surface area (Å²) in [6.07, 6.45) is 1.82. The summed E-state index contributed by atoms with van der Waals surface area (Å²) in [6.45, 7) is 13.3. The smallest absolute Gasteiger partial charge is 0.272 e. The Morgan fingerprint density at radius 3 is 2.62 bits per heavy atom. The summed E-state index contributed by atoms with van der Waals surface area (Å²) in [7, 11) is 1.61. The van der Waals surface area contributed by atoms with Crippen LogP contribution in [-0.4, -0.2) is 77.8 Å². The minimum absolute atomic E-state index is 0.136. The van der Waals surface area contributed by atoms with Gasteiger partial charge < -0.3 is 15.0 Å². The number of ether oxygens (including phenoxy) is 1. The molecule has 0 aliphatic carbocycles. The van der Waals surface area contributed by atoms with Gasteiger partial charge >= 0.3 is 0 Å². The summed E-state index contributed by atoms with van der Waals surface area (Å²) in [6, 6.07) is 0. The average Bonchev–Trinajstić information content (AvgIpc) is 3.05. The van der Waals surface area contributed by atoms with Crippen LogP contribution in [0.2, 0.25) is 0 Å². The summed E-state index contributed by atoms with van der Waals surface area (Å²) in [5.41, 5.74) is 2.58. The van der Waals surface area contributed by atoms with Crippen molar-refractivity contribution in [2.45, 2.75) is 53.6 Å². The minimum atomic E-state index is -0.168. The number of carbonyl (C=O) groups is 2. The van der Waals surface area contributed by atoms with Crippen LogP contribution in [0.15, 0.2) is 0 Å². The molecule has 0 radical (unpaired) electrons. The van der Waals surface area contributed by atoms with Crippen LogP contribution < -0.4 is 5.32 Å². The molecular weight excluding hydrogens is 370 g/mol. The first kappa shape index (κ1) is 23.3. The van der Waals surface area contributed by atoms with Crippen LogP contribution in [0.1, 0.15) is 55.9 Å². The molecule has 2 heterocycles. The van der Waals surface area contributed by atoms with E-state index in [1.807, 2.05) is 23.4 Å². The number of carbonyl (C=O) groups excluding carboxylic acids is 2. The van der Waals surface area contributed by atoms with Crippen LogP contribution in [0.4, 0.5) is 0 Å². The molecule has 0 atom stereocenters. The zero-order chi connectivity index (χ0) is 21.4. The van der Waals surface area contributed by atoms with E-state index in [1.54, 1.807) is 7.11 Å². The molecule has 0 fully saturated rings. The summed E-state index contributed by atoms with van der Waals surface area (Å²) < 4.78 is 7.03. The van der Waals surface area contributed by atoms with Crippen molar-refractivity contribution in [1.82, 2.24) is 24.9 Å². The van der Waals surface area contributed by atoms with Crippen LogP contribution in [0.3, 0.4) is 0 Å². The number of likely N-dealkylation sites (N-methyl/N-ethyl adjacent to an activating group) is 1. The lowest BCUT2D eigenvalue weighted by atomic mass is 10.0. The van der Waals surface area contributed by atoms with E-state index in [4.69, 9.17) is 4.74 Å². The molecule has 29 heavy (non-hydrogen) atoms. The minimum Gasteiger partial charge on any atom is -0.383 e. The van der Waals surface area contributed by atoms with E-state index in [2.05, 4.69) is 29.2 Å². The lowest BCUT2D eigenvalue weighted by Crippen LogP contribution is -2.42. The molecule has 1 aromatic rings. The quantitative estimate of drug-likeness (QED) is 0.563. The fourth-order valence-electron chi connectivity index (χ4n) is 3.65. The average molecular weight is 408 g/mol. The molecule has 1 aromatic heterocycles. The number of methoxy groups -OCH3 is 1. The number of hydrogen-bond acceptors (Lipinski definition) is 5. The topological polar surface area (TPSA) is 79.7 Å². The van der Waals surface area contributed by atoms with Crippen molar-refractivity contribution in [3.05, 3.63) is 17.0 Å². The fraction of sp³-hybridized carbons (Fsp3) is 0.762. The number of amides is 2. The molecule has 0 bridgehead atoms. The van der Waals surface area contributed by atoms with Crippen LogP contribution in [0, 0.1) is 5.92 Å². The van der Waals surface area contributed by atoms with Gasteiger partial charge in [-0.05, 0) is 26.2 Å². The molecule has 1 aliphatic rings. The van der Waals surface area contributed by atoms with Gasteiger partial charge in [0.15, 0.2) is 5.69 Å². The van der Waals surface area contributed by atoms with Crippen LogP contribution in [0.5, 0.6) is 0 Å². The molecular formula is C21H37N5O3. The zero-order valence-electron chi connectivity index (χ0n) is 18.7. The Bertz CT molecular complexity index is 682. The Morgan fingerprint density at radius 2 is 2.00 bits per heavy atom. The van der Waals surface area contributed by atoms with Crippen LogP contribution in [0.25, 0.3) is 0 Å². The third-order valence-electron chi connectivity index (χ3n) is 5.41. The summed E-state index contributed by atoms with van der Waals surface area (Å²) >= 11 is 0. The molecule has 164 valence electrons. The molecule has 1 aliphatic heterocycles. The Morgan fingerprint density at radius 1 is 1.28 bits per heavy atom. The fourth-order valence-corrected chi connectivity index (χ4v) is 3.65. The zero-order valence-corrected chi connectivity index (χ0v) is 18.7. The van der Waals surface area contributed by atoms with Gasteiger partial charge in [-0.25, -0.2) is 0 Å². The van der Waals surface area contributed by atoms with Crippen LogP contribution in [-0.2, 0) is 29.0 Å². The highest BCUT2D eigenvalue weighted by atomic mass is 16.5. The maximum absolute atomic E-state index is 12.7. The maximum atomic E-state index is 12.7. The van der Waals surface area contributed by atoms with Gasteiger partial charge in [-0.3, -0.25) is 19.2 Å². The number of fused-ring (bicyclic) bond motifs is 1. The first-order valence-corrected chi connectivity index (χ1v) is 10.8. The highest BCUT2D eigenvalue weighted by molar-refractivity contribution is 5.94. The standard InChI is InChI=1S/C21H37N5O3/c1-6-25(7-2)19(27)15-24-11-9-18-17(14-24)20(21(28)22-10-13-29-5)23-26(18)12-8-16(3)4/h16H,6-15H2,1-5H3,(H,22,28). The maximum Gasteiger partial charge on any atom is 0.272 e. The van der Waals surface area contributed by atoms with Gasteiger partial charge in [0.25, 0.3) is 5.91 Å². The Labute approximate surface area is 174 Å². The molecule has 0 saturated heterocycles. The van der Waals surface area contributed by atoms with Crippen molar-refractivity contribution >= 4 is 11.8 Å². The van der Waals surface area contributed by atoms with E-state index in [9.17, 15) is 9.59 Å². The highest BCUT2D eigenvalue weighted by Gasteiger charge is 2.29. The predicted octanol–water partition coefficient (Wildman–Crippen LogP) is 1.53. The molecule has 0 unspecified atom stereocenters. The first-order chi connectivity index (χ1) is 13.9. The summed E-state index contributed by atoms with van der Waals surface area (Å²) in [5, 5.41) is 7.55. The highest BCUT2D eigenvalue weighted by Crippen LogP contribution is 2.24. The lowest BCUT2D eigenvalue weighted by Gasteiger charge is -2.29. The van der Waals surface area contributed by atoms with Gasteiger partial charge in [-0.15, -0.1) is 0 Å². The van der Waals surface area contributed by atoms with Crippen molar-refractivity contribution < 1.29 is 14.3 Å². The molecule has 0 saturated carbocycles. The number of aromatic nitrogens is 2. The monoisotopic (exact) mass is 407 g/mol. The number of rotatable bonds is 11. The van der Waals surface area contributed by atoms with Crippen molar-refractivity contribution in [2.24, 2.45) is 5.92 Å². The number of nitrogens with one attached hydrogen (secondary N) is 1. The second-order valence-electron chi connectivity index (χ2n) is 7.95. The number of nitrogens with zero attached hydrogens (tertiary/aromatic N) is 4. The SMILES string of the molecule is CCN(CC)C(=O)CN1CCc2c(c(C(=O)NCCOC)nn2CCC(C)C)C1. The summed E-state index contributed by atoms with van der Waals surface area (Å²) in [5.74, 6) is 0.538. The Kier molecular flexibility index (Phi) is 9.10. The van der Waals surface area contributed by atoms with E-state index >= 15 is 0 Å². The van der Waals surface area contributed by atoms with E-state index in [-0.39, 0.29) is 11.8 Å². The molecule has 0 aromatic carbocycles. The molecule has 0 spiro atoms. The van der Waals surface area contributed by atoms with Gasteiger partial charge in [0.1, 0.15) is 0 Å². The molecule has 8 heteroatoms. The molecule has 2 amide bonds. The van der Waals surface area contributed by atoms with Gasteiger partial charge in [0.2, 0.25) is 5.91 Å². The van der Waals surface area contributed by atoms with Crippen molar-refractivity contribution in [2.75, 3.05) is 46.4 Å². The van der Waals surface area contributed by atoms with Crippen molar-refractivity contribution in [1.29, 1.82) is 0 Å². The van der Waals surface area contributed by atoms with E-state index < -0.39 is 0 Å². The van der Waals surface area contributed by atoms with Crippen LogP contribution >= 0.6 is 0 Å². The van der Waals surface area contributed by atoms with E-state index in [0.717, 1.165) is 37.2 Å². The Hall–Kier alpha value is -1.93. The lowest BCUT2D eigenvalue weighted by molar-refractivity contribution is -0.132. The number of aryl methyl sites for hydroxylation is 1. The largest absolute Gasteiger partial charge is 0.383 e. The van der Waals surface area contributed by atoms with Gasteiger partial charge in [-0.1, -0.05) is 13.8 Å². The van der Waals surface area contributed by atoms with Gasteiger partial charge in [-0.2, -0.15) is 5.10 Å². The third-order valence-corrected chi connectivity index (χ3v) is 5.41. The third kappa shape index (κ3) is 6.27. The summed E-state index contributed by atoms with van der Waals surface area (Å²) in [4.78, 5) is 29.2. The van der Waals surface area contributed by atoms with Gasteiger partial charge in [0, 0.05) is 64.1 Å². The normalized spacial score (nSPS) is 14.1. The second-order valence-corrected chi connectivity index (χ2v) is 7.95. The van der Waals surface area contributed by atoms with E-state index in [1.165, 1.54) is 0 Å². The molecule has 8 nitrogen and oxygen atoms in total.